The Bertz CT molecular complexity index is 512. The van der Waals surface area contributed by atoms with Gasteiger partial charge in [0, 0.05) is 23.5 Å². The molecule has 0 saturated carbocycles. The van der Waals surface area contributed by atoms with Gasteiger partial charge in [-0.2, -0.15) is 0 Å². The van der Waals surface area contributed by atoms with E-state index < -0.39 is 0 Å². The molecule has 1 aromatic rings. The van der Waals surface area contributed by atoms with E-state index in [-0.39, 0.29) is 18.3 Å². The minimum absolute atomic E-state index is 0. The van der Waals surface area contributed by atoms with Gasteiger partial charge in [0.2, 0.25) is 0 Å². The van der Waals surface area contributed by atoms with Crippen LogP contribution >= 0.6 is 35.8 Å². The van der Waals surface area contributed by atoms with E-state index >= 15 is 0 Å². The predicted octanol–water partition coefficient (Wildman–Crippen LogP) is 3.45. The Morgan fingerprint density at radius 3 is 2.86 bits per heavy atom. The number of nitrogens with one attached hydrogen (secondary N) is 1. The van der Waals surface area contributed by atoms with Crippen molar-refractivity contribution in [1.82, 2.24) is 10.2 Å². The van der Waals surface area contributed by atoms with Crippen LogP contribution in [0.25, 0.3) is 0 Å². The monoisotopic (exact) mass is 346 g/mol. The van der Waals surface area contributed by atoms with Gasteiger partial charge in [0.25, 0.3) is 5.91 Å². The number of fused-ring (bicyclic) bond motifs is 2. The van der Waals surface area contributed by atoms with E-state index in [0.717, 1.165) is 37.2 Å². The lowest BCUT2D eigenvalue weighted by molar-refractivity contribution is 0.0680. The highest BCUT2D eigenvalue weighted by Gasteiger charge is 2.38. The van der Waals surface area contributed by atoms with E-state index in [2.05, 4.69) is 10.2 Å². The summed E-state index contributed by atoms with van der Waals surface area (Å²) in [6, 6.07) is 6.41. The minimum atomic E-state index is 0. The molecule has 2 bridgehead atoms. The van der Waals surface area contributed by atoms with Crippen LogP contribution in [0.2, 0.25) is 5.02 Å². The molecule has 1 amide bonds. The van der Waals surface area contributed by atoms with Gasteiger partial charge >= 0.3 is 0 Å². The summed E-state index contributed by atoms with van der Waals surface area (Å²) in [5, 5.41) is 3.98. The fourth-order valence-electron chi connectivity index (χ4n) is 3.25. The molecule has 2 saturated heterocycles. The maximum atomic E-state index is 12.9. The van der Waals surface area contributed by atoms with Crippen LogP contribution in [0, 0.1) is 0 Å². The molecule has 0 aromatic heterocycles. The van der Waals surface area contributed by atoms with Crippen LogP contribution in [-0.4, -0.2) is 42.2 Å². The second kappa shape index (κ2) is 7.23. The largest absolute Gasteiger partial charge is 0.331 e. The van der Waals surface area contributed by atoms with E-state index in [4.69, 9.17) is 11.6 Å². The summed E-state index contributed by atoms with van der Waals surface area (Å²) in [7, 11) is 0. The van der Waals surface area contributed by atoms with Crippen molar-refractivity contribution < 1.29 is 4.79 Å². The van der Waals surface area contributed by atoms with Crippen LogP contribution in [0.3, 0.4) is 0 Å². The highest BCUT2D eigenvalue weighted by atomic mass is 35.5. The number of benzene rings is 1. The first-order chi connectivity index (χ1) is 9.70. The van der Waals surface area contributed by atoms with E-state index in [1.165, 1.54) is 0 Å². The zero-order chi connectivity index (χ0) is 14.1. The third-order valence-corrected chi connectivity index (χ3v) is 5.35. The van der Waals surface area contributed by atoms with Gasteiger partial charge in [-0.3, -0.25) is 4.79 Å². The number of rotatable bonds is 2. The molecule has 116 valence electrons. The maximum absolute atomic E-state index is 12.9. The van der Waals surface area contributed by atoms with Crippen molar-refractivity contribution in [1.29, 1.82) is 0 Å². The fourth-order valence-corrected chi connectivity index (χ4v) is 3.89. The summed E-state index contributed by atoms with van der Waals surface area (Å²) in [5.74, 6) is 0.0992. The number of amides is 1. The van der Waals surface area contributed by atoms with Crippen LogP contribution in [-0.2, 0) is 0 Å². The molecule has 1 aromatic carbocycles. The van der Waals surface area contributed by atoms with Crippen molar-refractivity contribution in [3.63, 3.8) is 0 Å². The lowest BCUT2D eigenvalue weighted by atomic mass is 10.1. The predicted molar refractivity (Wildman–Crippen MR) is 90.9 cm³/mol. The van der Waals surface area contributed by atoms with E-state index in [0.29, 0.717) is 22.7 Å². The molecule has 2 aliphatic heterocycles. The van der Waals surface area contributed by atoms with Crippen molar-refractivity contribution in [2.75, 3.05) is 19.3 Å². The third-order valence-electron chi connectivity index (χ3n) is 4.29. The maximum Gasteiger partial charge on any atom is 0.255 e. The standard InChI is InChI=1S/C15H19ClN2OS.ClH/c1-20-12-4-5-14(16)13(8-12)15(19)18-10-2-3-11(18)9-17-7-6-10;/h4-5,8,10-11,17H,2-3,6-7,9H2,1H3;1H. The van der Waals surface area contributed by atoms with Crippen LogP contribution in [0.4, 0.5) is 0 Å². The van der Waals surface area contributed by atoms with Gasteiger partial charge in [-0.1, -0.05) is 11.6 Å². The lowest BCUT2D eigenvalue weighted by Crippen LogP contribution is -2.42. The Morgan fingerprint density at radius 1 is 1.33 bits per heavy atom. The summed E-state index contributed by atoms with van der Waals surface area (Å²) < 4.78 is 0. The van der Waals surface area contributed by atoms with Crippen LogP contribution in [0.5, 0.6) is 0 Å². The molecule has 3 rings (SSSR count). The first kappa shape index (κ1) is 16.9. The van der Waals surface area contributed by atoms with Gasteiger partial charge in [0.1, 0.15) is 0 Å². The minimum Gasteiger partial charge on any atom is -0.331 e. The Kier molecular flexibility index (Phi) is 5.83. The normalized spacial score (nSPS) is 24.4. The third kappa shape index (κ3) is 3.34. The molecule has 6 heteroatoms. The van der Waals surface area contributed by atoms with E-state index in [1.807, 2.05) is 24.5 Å². The van der Waals surface area contributed by atoms with E-state index in [9.17, 15) is 4.79 Å². The Hall–Kier alpha value is -0.420. The van der Waals surface area contributed by atoms with Crippen molar-refractivity contribution in [2.24, 2.45) is 0 Å². The molecule has 0 spiro atoms. The summed E-state index contributed by atoms with van der Waals surface area (Å²) in [5.41, 5.74) is 0.650. The molecular formula is C15H20Cl2N2OS. The molecule has 0 radical (unpaired) electrons. The summed E-state index contributed by atoms with van der Waals surface area (Å²) >= 11 is 7.89. The number of nitrogens with zero attached hydrogens (tertiary/aromatic N) is 1. The zero-order valence-electron chi connectivity index (χ0n) is 12.0. The molecule has 2 heterocycles. The molecule has 3 nitrogen and oxygen atoms in total. The fraction of sp³-hybridized carbons (Fsp3) is 0.533. The van der Waals surface area contributed by atoms with E-state index in [1.54, 1.807) is 11.8 Å². The molecule has 2 unspecified atom stereocenters. The first-order valence-electron chi connectivity index (χ1n) is 7.07. The summed E-state index contributed by atoms with van der Waals surface area (Å²) in [4.78, 5) is 16.1. The topological polar surface area (TPSA) is 32.3 Å². The van der Waals surface area contributed by atoms with Gasteiger partial charge in [0.05, 0.1) is 10.6 Å². The molecule has 0 aliphatic carbocycles. The second-order valence-corrected chi connectivity index (χ2v) is 6.72. The van der Waals surface area contributed by atoms with Crippen molar-refractivity contribution in [3.05, 3.63) is 28.8 Å². The summed E-state index contributed by atoms with van der Waals surface area (Å²) in [6.07, 6.45) is 5.28. The molecule has 2 fully saturated rings. The number of thioether (sulfide) groups is 1. The number of hydrogen-bond donors (Lipinski definition) is 1. The molecular weight excluding hydrogens is 327 g/mol. The average molecular weight is 347 g/mol. The Balaban J connectivity index is 0.00000161. The molecule has 21 heavy (non-hydrogen) atoms. The van der Waals surface area contributed by atoms with Crippen LogP contribution in [0.1, 0.15) is 29.6 Å². The second-order valence-electron chi connectivity index (χ2n) is 5.44. The lowest BCUT2D eigenvalue weighted by Gasteiger charge is -2.28. The highest BCUT2D eigenvalue weighted by molar-refractivity contribution is 7.98. The van der Waals surface area contributed by atoms with Gasteiger partial charge < -0.3 is 10.2 Å². The van der Waals surface area contributed by atoms with Gasteiger partial charge in [0.15, 0.2) is 0 Å². The van der Waals surface area contributed by atoms with Gasteiger partial charge in [-0.25, -0.2) is 0 Å². The van der Waals surface area contributed by atoms with Crippen LogP contribution < -0.4 is 5.32 Å². The number of halogens is 2. The smallest absolute Gasteiger partial charge is 0.255 e. The summed E-state index contributed by atoms with van der Waals surface area (Å²) in [6.45, 7) is 1.91. The van der Waals surface area contributed by atoms with Crippen LogP contribution in [0.15, 0.2) is 23.1 Å². The SMILES string of the molecule is CSc1ccc(Cl)c(C(=O)N2C3CCNCC2CC3)c1.Cl. The molecule has 1 N–H and O–H groups in total. The number of carbonyl (C=O) groups is 1. The number of hydrogen-bond acceptors (Lipinski definition) is 3. The number of carbonyl (C=O) groups excluding carboxylic acids is 1. The van der Waals surface area contributed by atoms with Gasteiger partial charge in [-0.15, -0.1) is 24.2 Å². The zero-order valence-corrected chi connectivity index (χ0v) is 14.4. The van der Waals surface area contributed by atoms with Crippen molar-refractivity contribution >= 4 is 41.7 Å². The molecule has 2 aliphatic rings. The van der Waals surface area contributed by atoms with Gasteiger partial charge in [-0.05, 0) is 50.3 Å². The highest BCUT2D eigenvalue weighted by Crippen LogP contribution is 2.32. The Morgan fingerprint density at radius 2 is 2.10 bits per heavy atom. The Labute approximate surface area is 141 Å². The first-order valence-corrected chi connectivity index (χ1v) is 8.68. The average Bonchev–Trinajstić information content (AvgIpc) is 2.72. The quantitative estimate of drug-likeness (QED) is 0.832. The van der Waals surface area contributed by atoms with Crippen molar-refractivity contribution in [2.45, 2.75) is 36.2 Å². The molecule has 2 atom stereocenters. The van der Waals surface area contributed by atoms with Crippen molar-refractivity contribution in [3.8, 4) is 0 Å².